The summed E-state index contributed by atoms with van der Waals surface area (Å²) < 4.78 is 32.8. The molecule has 0 saturated carbocycles. The fraction of sp³-hybridized carbons (Fsp3) is 0.273. The first-order chi connectivity index (χ1) is 14.0. The first-order valence-electron chi connectivity index (χ1n) is 9.42. The summed E-state index contributed by atoms with van der Waals surface area (Å²) in [6.45, 7) is 0.423. The third-order valence-corrected chi connectivity index (χ3v) is 5.41. The highest BCUT2D eigenvalue weighted by Crippen LogP contribution is 2.36. The van der Waals surface area contributed by atoms with Crippen LogP contribution in [-0.4, -0.2) is 35.4 Å². The van der Waals surface area contributed by atoms with Gasteiger partial charge in [0.05, 0.1) is 19.6 Å². The number of likely N-dealkylation sites (tertiary alicyclic amines) is 1. The van der Waals surface area contributed by atoms with E-state index in [4.69, 9.17) is 4.74 Å². The van der Waals surface area contributed by atoms with E-state index in [1.54, 1.807) is 4.90 Å². The minimum atomic E-state index is -0.560. The van der Waals surface area contributed by atoms with Gasteiger partial charge in [-0.3, -0.25) is 9.59 Å². The van der Waals surface area contributed by atoms with Crippen LogP contribution in [0.5, 0.6) is 0 Å². The molecule has 0 radical (unpaired) electrons. The lowest BCUT2D eigenvalue weighted by atomic mass is 10.0. The number of fused-ring (bicyclic) bond motifs is 1. The van der Waals surface area contributed by atoms with E-state index < -0.39 is 23.6 Å². The number of methoxy groups -OCH3 is 1. The molecule has 1 aliphatic heterocycles. The maximum Gasteiger partial charge on any atom is 0.310 e. The van der Waals surface area contributed by atoms with E-state index in [9.17, 15) is 18.4 Å². The minimum Gasteiger partial charge on any atom is -0.469 e. The van der Waals surface area contributed by atoms with Gasteiger partial charge in [0.1, 0.15) is 17.3 Å². The summed E-state index contributed by atoms with van der Waals surface area (Å²) in [4.78, 5) is 30.0. The summed E-state index contributed by atoms with van der Waals surface area (Å²) in [5, 5.41) is 0.758. The van der Waals surface area contributed by atoms with Crippen LogP contribution >= 0.6 is 0 Å². The van der Waals surface area contributed by atoms with E-state index in [1.165, 1.54) is 7.11 Å². The summed E-state index contributed by atoms with van der Waals surface area (Å²) in [7, 11) is 1.29. The van der Waals surface area contributed by atoms with Crippen molar-refractivity contribution in [3.8, 4) is 0 Å². The highest BCUT2D eigenvalue weighted by atomic mass is 19.1. The molecule has 150 valence electrons. The Hall–Kier alpha value is -3.22. The number of carbonyl (C=O) groups excluding carboxylic acids is 2. The molecule has 0 aliphatic carbocycles. The molecule has 1 fully saturated rings. The predicted molar refractivity (Wildman–Crippen MR) is 103 cm³/mol. The van der Waals surface area contributed by atoms with Crippen molar-refractivity contribution < 1.29 is 23.1 Å². The molecule has 3 aromatic rings. The Labute approximate surface area is 166 Å². The predicted octanol–water partition coefficient (Wildman–Crippen LogP) is 4.14. The lowest BCUT2D eigenvalue weighted by molar-refractivity contribution is -0.139. The monoisotopic (exact) mass is 398 g/mol. The molecule has 1 N–H and O–H groups in total. The van der Waals surface area contributed by atoms with Crippen molar-refractivity contribution in [1.82, 2.24) is 9.88 Å². The number of para-hydroxylation sites is 1. The Balaban J connectivity index is 1.75. The molecular formula is C22H20F2N2O3. The van der Waals surface area contributed by atoms with Gasteiger partial charge in [-0.05, 0) is 37.1 Å². The highest BCUT2D eigenvalue weighted by Gasteiger charge is 2.34. The molecule has 4 rings (SSSR count). The molecule has 1 aromatic heterocycles. The minimum absolute atomic E-state index is 0.0611. The topological polar surface area (TPSA) is 62.4 Å². The van der Waals surface area contributed by atoms with Gasteiger partial charge in [0.15, 0.2) is 0 Å². The first-order valence-corrected chi connectivity index (χ1v) is 9.42. The quantitative estimate of drug-likeness (QED) is 0.672. The number of esters is 1. The highest BCUT2D eigenvalue weighted by molar-refractivity contribution is 6.02. The zero-order valence-corrected chi connectivity index (χ0v) is 15.9. The second kappa shape index (κ2) is 7.66. The molecule has 1 atom stereocenters. The third-order valence-electron chi connectivity index (χ3n) is 5.41. The average molecular weight is 398 g/mol. The van der Waals surface area contributed by atoms with Crippen molar-refractivity contribution >= 4 is 22.8 Å². The molecule has 29 heavy (non-hydrogen) atoms. The fourth-order valence-electron chi connectivity index (χ4n) is 4.03. The maximum atomic E-state index is 14.4. The smallest absolute Gasteiger partial charge is 0.310 e. The van der Waals surface area contributed by atoms with Crippen LogP contribution in [0.2, 0.25) is 0 Å². The number of halogens is 2. The molecule has 2 aromatic carbocycles. The van der Waals surface area contributed by atoms with Gasteiger partial charge in [0.2, 0.25) is 0 Å². The summed E-state index contributed by atoms with van der Waals surface area (Å²) >= 11 is 0. The van der Waals surface area contributed by atoms with Gasteiger partial charge in [-0.15, -0.1) is 0 Å². The number of rotatable bonds is 4. The number of hydrogen-bond donors (Lipinski definition) is 1. The fourth-order valence-corrected chi connectivity index (χ4v) is 4.03. The summed E-state index contributed by atoms with van der Waals surface area (Å²) in [5.41, 5.74) is 1.71. The number of hydrogen-bond acceptors (Lipinski definition) is 3. The Bertz CT molecular complexity index is 1090. The van der Waals surface area contributed by atoms with Crippen LogP contribution in [-0.2, 0) is 16.0 Å². The lowest BCUT2D eigenvalue weighted by Gasteiger charge is -2.25. The molecule has 0 bridgehead atoms. The van der Waals surface area contributed by atoms with Gasteiger partial charge in [0, 0.05) is 28.6 Å². The summed E-state index contributed by atoms with van der Waals surface area (Å²) in [5.74, 6) is -1.88. The molecule has 7 heteroatoms. The zero-order valence-electron chi connectivity index (χ0n) is 15.9. The van der Waals surface area contributed by atoms with Crippen LogP contribution in [0.25, 0.3) is 10.9 Å². The Morgan fingerprint density at radius 3 is 2.79 bits per heavy atom. The van der Waals surface area contributed by atoms with Crippen molar-refractivity contribution in [2.24, 2.45) is 0 Å². The second-order valence-corrected chi connectivity index (χ2v) is 7.10. The first kappa shape index (κ1) is 19.1. The molecule has 5 nitrogen and oxygen atoms in total. The van der Waals surface area contributed by atoms with Crippen molar-refractivity contribution in [3.63, 3.8) is 0 Å². The van der Waals surface area contributed by atoms with Crippen LogP contribution in [0.15, 0.2) is 42.5 Å². The van der Waals surface area contributed by atoms with Crippen molar-refractivity contribution in [1.29, 1.82) is 0 Å². The molecule has 2 heterocycles. The third kappa shape index (κ3) is 3.48. The van der Waals surface area contributed by atoms with Crippen LogP contribution in [0.4, 0.5) is 8.78 Å². The van der Waals surface area contributed by atoms with Gasteiger partial charge in [-0.1, -0.05) is 18.2 Å². The number of H-pyrrole nitrogens is 1. The number of carbonyl (C=O) groups is 2. The molecule has 1 amide bonds. The number of ether oxygens (including phenoxy) is 1. The Kier molecular flexibility index (Phi) is 5.05. The van der Waals surface area contributed by atoms with Crippen LogP contribution in [0.3, 0.4) is 0 Å². The van der Waals surface area contributed by atoms with Gasteiger partial charge >= 0.3 is 5.97 Å². The number of nitrogens with one attached hydrogen (secondary N) is 1. The number of benzene rings is 2. The second-order valence-electron chi connectivity index (χ2n) is 7.10. The normalized spacial score (nSPS) is 16.4. The average Bonchev–Trinajstić information content (AvgIpc) is 3.34. The van der Waals surface area contributed by atoms with E-state index >= 15 is 0 Å². The summed E-state index contributed by atoms with van der Waals surface area (Å²) in [6, 6.07) is 10.0. The number of nitrogens with zero attached hydrogens (tertiary/aromatic N) is 1. The SMILES string of the molecule is COC(=O)Cc1c(C(=O)N2CCCC2c2cc(F)ccc2F)[nH]c2ccccc12. The zero-order chi connectivity index (χ0) is 20.5. The molecule has 1 aliphatic rings. The molecular weight excluding hydrogens is 378 g/mol. The van der Waals surface area contributed by atoms with E-state index in [0.717, 1.165) is 29.1 Å². The van der Waals surface area contributed by atoms with E-state index in [2.05, 4.69) is 4.98 Å². The van der Waals surface area contributed by atoms with Crippen molar-refractivity contribution in [3.05, 3.63) is 70.9 Å². The van der Waals surface area contributed by atoms with E-state index in [1.807, 2.05) is 24.3 Å². The number of aromatic amines is 1. The Morgan fingerprint density at radius 2 is 2.00 bits per heavy atom. The number of amides is 1. The van der Waals surface area contributed by atoms with Gasteiger partial charge < -0.3 is 14.6 Å². The number of aromatic nitrogens is 1. The largest absolute Gasteiger partial charge is 0.469 e. The van der Waals surface area contributed by atoms with Crippen LogP contribution in [0.1, 0.15) is 40.5 Å². The molecule has 1 saturated heterocycles. The van der Waals surface area contributed by atoms with E-state index in [0.29, 0.717) is 24.9 Å². The van der Waals surface area contributed by atoms with Crippen molar-refractivity contribution in [2.75, 3.05) is 13.7 Å². The van der Waals surface area contributed by atoms with Gasteiger partial charge in [-0.25, -0.2) is 8.78 Å². The van der Waals surface area contributed by atoms with Crippen LogP contribution < -0.4 is 0 Å². The lowest BCUT2D eigenvalue weighted by Crippen LogP contribution is -2.32. The Morgan fingerprint density at radius 1 is 1.21 bits per heavy atom. The van der Waals surface area contributed by atoms with Gasteiger partial charge in [0.25, 0.3) is 5.91 Å². The van der Waals surface area contributed by atoms with Crippen molar-refractivity contribution in [2.45, 2.75) is 25.3 Å². The van der Waals surface area contributed by atoms with E-state index in [-0.39, 0.29) is 23.6 Å². The maximum absolute atomic E-state index is 14.4. The molecule has 1 unspecified atom stereocenters. The van der Waals surface area contributed by atoms with Gasteiger partial charge in [-0.2, -0.15) is 0 Å². The molecule has 0 spiro atoms. The standard InChI is InChI=1S/C22H20F2N2O3/c1-29-20(27)12-15-14-5-2-3-6-18(14)25-21(15)22(28)26-10-4-7-19(26)16-11-13(23)8-9-17(16)24/h2-3,5-6,8-9,11,19,25H,4,7,10,12H2,1H3. The summed E-state index contributed by atoms with van der Waals surface area (Å²) in [6.07, 6.45) is 1.16. The van der Waals surface area contributed by atoms with Crippen LogP contribution in [0, 0.1) is 11.6 Å².